The molecule has 1 aromatic rings. The number of rotatable bonds is 2. The first kappa shape index (κ1) is 11.5. The molecular weight excluding hydrogens is 198 g/mol. The van der Waals surface area contributed by atoms with Crippen LogP contribution in [0.2, 0.25) is 0 Å². The largest absolute Gasteiger partial charge is 0.496 e. The summed E-state index contributed by atoms with van der Waals surface area (Å²) < 4.78 is 5.28. The van der Waals surface area contributed by atoms with Crippen LogP contribution in [0.4, 0.5) is 0 Å². The van der Waals surface area contributed by atoms with Crippen LogP contribution in [0.3, 0.4) is 0 Å². The molecule has 0 aliphatic heterocycles. The second kappa shape index (κ2) is 4.88. The molecule has 16 heavy (non-hydrogen) atoms. The summed E-state index contributed by atoms with van der Waals surface area (Å²) in [4.78, 5) is 0. The van der Waals surface area contributed by atoms with Gasteiger partial charge in [-0.15, -0.1) is 0 Å². The molecule has 0 atom stereocenters. The van der Waals surface area contributed by atoms with E-state index in [1.807, 2.05) is 0 Å². The van der Waals surface area contributed by atoms with E-state index in [0.717, 1.165) is 18.6 Å². The van der Waals surface area contributed by atoms with E-state index in [1.165, 1.54) is 24.0 Å². The Balaban J connectivity index is 2.12. The molecule has 1 aromatic carbocycles. The maximum absolute atomic E-state index is 5.93. The Morgan fingerprint density at radius 3 is 2.44 bits per heavy atom. The highest BCUT2D eigenvalue weighted by Gasteiger charge is 2.20. The van der Waals surface area contributed by atoms with Crippen LogP contribution in [0.25, 0.3) is 0 Å². The average Bonchev–Trinajstić information content (AvgIpc) is 2.30. The lowest BCUT2D eigenvalue weighted by Crippen LogP contribution is -2.25. The normalized spacial score (nSPS) is 25.4. The molecule has 1 aliphatic rings. The molecule has 0 saturated heterocycles. The number of aryl methyl sites for hydroxylation is 1. The Hall–Kier alpha value is -1.02. The van der Waals surface area contributed by atoms with Gasteiger partial charge in [0.2, 0.25) is 0 Å². The van der Waals surface area contributed by atoms with E-state index >= 15 is 0 Å². The molecule has 1 saturated carbocycles. The van der Waals surface area contributed by atoms with Gasteiger partial charge in [-0.05, 0) is 55.7 Å². The van der Waals surface area contributed by atoms with Crippen molar-refractivity contribution >= 4 is 0 Å². The van der Waals surface area contributed by atoms with Gasteiger partial charge in [-0.25, -0.2) is 0 Å². The zero-order valence-corrected chi connectivity index (χ0v) is 10.2. The molecule has 1 fully saturated rings. The van der Waals surface area contributed by atoms with Crippen LogP contribution >= 0.6 is 0 Å². The number of nitrogens with two attached hydrogens (primary N) is 1. The smallest absolute Gasteiger partial charge is 0.121 e. The molecule has 0 radical (unpaired) electrons. The number of benzene rings is 1. The predicted octanol–water partition coefficient (Wildman–Crippen LogP) is 2.99. The van der Waals surface area contributed by atoms with Crippen LogP contribution in [0, 0.1) is 6.92 Å². The van der Waals surface area contributed by atoms with Gasteiger partial charge >= 0.3 is 0 Å². The Morgan fingerprint density at radius 2 is 1.88 bits per heavy atom. The molecule has 0 amide bonds. The van der Waals surface area contributed by atoms with Gasteiger partial charge in [0, 0.05) is 6.04 Å². The van der Waals surface area contributed by atoms with Crippen molar-refractivity contribution in [3.05, 3.63) is 29.3 Å². The van der Waals surface area contributed by atoms with Crippen molar-refractivity contribution in [2.45, 2.75) is 44.6 Å². The van der Waals surface area contributed by atoms with Crippen LogP contribution in [-0.4, -0.2) is 13.2 Å². The van der Waals surface area contributed by atoms with E-state index in [9.17, 15) is 0 Å². The average molecular weight is 219 g/mol. The molecule has 2 N–H and O–H groups in total. The summed E-state index contributed by atoms with van der Waals surface area (Å²) in [6.07, 6.45) is 4.78. The Bertz CT molecular complexity index is 354. The SMILES string of the molecule is COc1ccc(C2CCC(N)CC2)cc1C. The number of hydrogen-bond acceptors (Lipinski definition) is 2. The molecule has 0 bridgehead atoms. The molecular formula is C14H21NO. The fourth-order valence-electron chi connectivity index (χ4n) is 2.61. The van der Waals surface area contributed by atoms with Crippen molar-refractivity contribution in [1.29, 1.82) is 0 Å². The van der Waals surface area contributed by atoms with E-state index in [1.54, 1.807) is 7.11 Å². The first-order chi connectivity index (χ1) is 7.70. The fourth-order valence-corrected chi connectivity index (χ4v) is 2.61. The van der Waals surface area contributed by atoms with E-state index in [4.69, 9.17) is 10.5 Å². The molecule has 88 valence electrons. The minimum atomic E-state index is 0.426. The first-order valence-electron chi connectivity index (χ1n) is 6.11. The van der Waals surface area contributed by atoms with Crippen LogP contribution < -0.4 is 10.5 Å². The minimum absolute atomic E-state index is 0.426. The van der Waals surface area contributed by atoms with Gasteiger partial charge in [0.05, 0.1) is 7.11 Å². The second-order valence-electron chi connectivity index (χ2n) is 4.84. The monoisotopic (exact) mass is 219 g/mol. The van der Waals surface area contributed by atoms with E-state index in [-0.39, 0.29) is 0 Å². The lowest BCUT2D eigenvalue weighted by Gasteiger charge is -2.26. The number of methoxy groups -OCH3 is 1. The minimum Gasteiger partial charge on any atom is -0.496 e. The van der Waals surface area contributed by atoms with Crippen molar-refractivity contribution in [1.82, 2.24) is 0 Å². The zero-order chi connectivity index (χ0) is 11.5. The maximum Gasteiger partial charge on any atom is 0.121 e. The molecule has 0 spiro atoms. The Morgan fingerprint density at radius 1 is 1.19 bits per heavy atom. The first-order valence-corrected chi connectivity index (χ1v) is 6.11. The third kappa shape index (κ3) is 2.38. The van der Waals surface area contributed by atoms with Crippen molar-refractivity contribution in [2.24, 2.45) is 5.73 Å². The summed E-state index contributed by atoms with van der Waals surface area (Å²) in [6.45, 7) is 2.11. The molecule has 2 nitrogen and oxygen atoms in total. The molecule has 2 heteroatoms. The summed E-state index contributed by atoms with van der Waals surface area (Å²) in [5, 5.41) is 0. The maximum atomic E-state index is 5.93. The highest BCUT2D eigenvalue weighted by molar-refractivity contribution is 5.37. The van der Waals surface area contributed by atoms with Crippen molar-refractivity contribution in [2.75, 3.05) is 7.11 Å². The topological polar surface area (TPSA) is 35.2 Å². The molecule has 2 rings (SSSR count). The summed E-state index contributed by atoms with van der Waals surface area (Å²) in [6, 6.07) is 6.97. The predicted molar refractivity (Wildman–Crippen MR) is 66.9 cm³/mol. The van der Waals surface area contributed by atoms with Crippen molar-refractivity contribution in [3.63, 3.8) is 0 Å². The third-order valence-corrected chi connectivity index (χ3v) is 3.66. The zero-order valence-electron chi connectivity index (χ0n) is 10.2. The molecule has 0 heterocycles. The summed E-state index contributed by atoms with van der Waals surface area (Å²) in [7, 11) is 1.72. The summed E-state index contributed by atoms with van der Waals surface area (Å²) in [5.41, 5.74) is 8.61. The van der Waals surface area contributed by atoms with Gasteiger partial charge < -0.3 is 10.5 Å². The quantitative estimate of drug-likeness (QED) is 0.830. The molecule has 0 unspecified atom stereocenters. The molecule has 1 aliphatic carbocycles. The van der Waals surface area contributed by atoms with E-state index in [2.05, 4.69) is 25.1 Å². The standard InChI is InChI=1S/C14H21NO/c1-10-9-12(5-8-14(10)16-2)11-3-6-13(15)7-4-11/h5,8-9,11,13H,3-4,6-7,15H2,1-2H3. The number of ether oxygens (including phenoxy) is 1. The lowest BCUT2D eigenvalue weighted by molar-refractivity contribution is 0.393. The van der Waals surface area contributed by atoms with Crippen LogP contribution in [0.15, 0.2) is 18.2 Å². The van der Waals surface area contributed by atoms with Gasteiger partial charge in [-0.2, -0.15) is 0 Å². The highest BCUT2D eigenvalue weighted by atomic mass is 16.5. The van der Waals surface area contributed by atoms with Gasteiger partial charge in [-0.1, -0.05) is 12.1 Å². The van der Waals surface area contributed by atoms with Crippen LogP contribution in [0.5, 0.6) is 5.75 Å². The van der Waals surface area contributed by atoms with Gasteiger partial charge in [0.15, 0.2) is 0 Å². The van der Waals surface area contributed by atoms with E-state index in [0.29, 0.717) is 12.0 Å². The highest BCUT2D eigenvalue weighted by Crippen LogP contribution is 2.34. The Kier molecular flexibility index (Phi) is 3.49. The lowest BCUT2D eigenvalue weighted by atomic mass is 9.81. The van der Waals surface area contributed by atoms with Crippen LogP contribution in [-0.2, 0) is 0 Å². The van der Waals surface area contributed by atoms with Gasteiger partial charge in [-0.3, -0.25) is 0 Å². The summed E-state index contributed by atoms with van der Waals surface area (Å²) >= 11 is 0. The summed E-state index contributed by atoms with van der Waals surface area (Å²) in [5.74, 6) is 1.68. The third-order valence-electron chi connectivity index (χ3n) is 3.66. The van der Waals surface area contributed by atoms with Crippen molar-refractivity contribution in [3.8, 4) is 5.75 Å². The molecule has 0 aromatic heterocycles. The second-order valence-corrected chi connectivity index (χ2v) is 4.84. The van der Waals surface area contributed by atoms with Crippen molar-refractivity contribution < 1.29 is 4.74 Å². The Labute approximate surface area is 97.8 Å². The fraction of sp³-hybridized carbons (Fsp3) is 0.571. The number of hydrogen-bond donors (Lipinski definition) is 1. The van der Waals surface area contributed by atoms with Gasteiger partial charge in [0.1, 0.15) is 5.75 Å². The van der Waals surface area contributed by atoms with E-state index < -0.39 is 0 Å². The van der Waals surface area contributed by atoms with Gasteiger partial charge in [0.25, 0.3) is 0 Å². The van der Waals surface area contributed by atoms with Crippen LogP contribution in [0.1, 0.15) is 42.7 Å².